The van der Waals surface area contributed by atoms with Crippen LogP contribution in [0.1, 0.15) is 24.9 Å². The molecule has 2 rings (SSSR count). The topological polar surface area (TPSA) is 44.3 Å². The summed E-state index contributed by atoms with van der Waals surface area (Å²) in [7, 11) is 1.90. The van der Waals surface area contributed by atoms with Gasteiger partial charge in [0, 0.05) is 45.0 Å². The van der Waals surface area contributed by atoms with Crippen LogP contribution in [-0.4, -0.2) is 59.5 Å². The van der Waals surface area contributed by atoms with Crippen molar-refractivity contribution in [3.63, 3.8) is 0 Å². The molecule has 1 saturated heterocycles. The molecule has 1 aliphatic rings. The molecule has 1 aliphatic heterocycles. The van der Waals surface area contributed by atoms with Gasteiger partial charge >= 0.3 is 0 Å². The number of nitrogens with one attached hydrogen (secondary N) is 1. The number of rotatable bonds is 5. The van der Waals surface area contributed by atoms with Crippen molar-refractivity contribution in [2.24, 2.45) is 0 Å². The molecule has 0 radical (unpaired) electrons. The van der Waals surface area contributed by atoms with Gasteiger partial charge in [-0.1, -0.05) is 6.92 Å². The molecule has 19 heavy (non-hydrogen) atoms. The Kier molecular flexibility index (Phi) is 5.10. The van der Waals surface area contributed by atoms with E-state index in [1.807, 2.05) is 20.0 Å². The van der Waals surface area contributed by atoms with E-state index in [-0.39, 0.29) is 0 Å². The third-order valence-electron chi connectivity index (χ3n) is 3.53. The number of aryl methyl sites for hydroxylation is 1. The van der Waals surface area contributed by atoms with Crippen molar-refractivity contribution in [1.82, 2.24) is 19.8 Å². The van der Waals surface area contributed by atoms with Crippen molar-refractivity contribution in [2.45, 2.75) is 26.8 Å². The summed E-state index contributed by atoms with van der Waals surface area (Å²) in [5.74, 6) is 1.83. The summed E-state index contributed by atoms with van der Waals surface area (Å²) in [5.41, 5.74) is 1.03. The second-order valence-corrected chi connectivity index (χ2v) is 5.18. The second-order valence-electron chi connectivity index (χ2n) is 5.18. The highest BCUT2D eigenvalue weighted by atomic mass is 15.3. The summed E-state index contributed by atoms with van der Waals surface area (Å²) in [6.45, 7) is 10.9. The van der Waals surface area contributed by atoms with Crippen LogP contribution in [0.25, 0.3) is 0 Å². The second kappa shape index (κ2) is 6.82. The van der Waals surface area contributed by atoms with E-state index in [9.17, 15) is 0 Å². The minimum Gasteiger partial charge on any atom is -0.373 e. The lowest BCUT2D eigenvalue weighted by molar-refractivity contribution is 0.125. The predicted molar refractivity (Wildman–Crippen MR) is 78.3 cm³/mol. The van der Waals surface area contributed by atoms with Crippen LogP contribution in [0.3, 0.4) is 0 Å². The van der Waals surface area contributed by atoms with Gasteiger partial charge in [-0.15, -0.1) is 0 Å². The fourth-order valence-electron chi connectivity index (χ4n) is 2.52. The number of hydrogen-bond acceptors (Lipinski definition) is 5. The first-order chi connectivity index (χ1) is 9.21. The van der Waals surface area contributed by atoms with Gasteiger partial charge in [-0.05, 0) is 19.9 Å². The number of hydrogen-bond donors (Lipinski definition) is 1. The molecule has 0 aliphatic carbocycles. The summed E-state index contributed by atoms with van der Waals surface area (Å²) in [4.78, 5) is 14.0. The van der Waals surface area contributed by atoms with Gasteiger partial charge < -0.3 is 10.2 Å². The third-order valence-corrected chi connectivity index (χ3v) is 3.53. The average Bonchev–Trinajstić information content (AvgIpc) is 2.40. The zero-order valence-electron chi connectivity index (χ0n) is 12.3. The molecule has 0 spiro atoms. The average molecular weight is 263 g/mol. The van der Waals surface area contributed by atoms with E-state index in [4.69, 9.17) is 0 Å². The fourth-order valence-corrected chi connectivity index (χ4v) is 2.52. The van der Waals surface area contributed by atoms with Crippen LogP contribution in [0.5, 0.6) is 0 Å². The molecule has 2 heterocycles. The van der Waals surface area contributed by atoms with E-state index in [2.05, 4.69) is 32.0 Å². The Bertz CT molecular complexity index is 399. The van der Waals surface area contributed by atoms with Crippen molar-refractivity contribution in [1.29, 1.82) is 0 Å². The van der Waals surface area contributed by atoms with E-state index in [0.29, 0.717) is 0 Å². The molecule has 0 amide bonds. The third kappa shape index (κ3) is 4.14. The number of piperazine rings is 1. The van der Waals surface area contributed by atoms with Crippen LogP contribution in [-0.2, 0) is 6.54 Å². The highest BCUT2D eigenvalue weighted by Crippen LogP contribution is 2.09. The van der Waals surface area contributed by atoms with Gasteiger partial charge in [-0.25, -0.2) is 9.97 Å². The molecule has 1 aromatic rings. The zero-order valence-corrected chi connectivity index (χ0v) is 12.3. The molecular formula is C14H25N5. The first kappa shape index (κ1) is 14.2. The molecule has 0 saturated carbocycles. The Morgan fingerprint density at radius 3 is 2.47 bits per heavy atom. The van der Waals surface area contributed by atoms with Gasteiger partial charge in [0.1, 0.15) is 11.6 Å². The van der Waals surface area contributed by atoms with E-state index in [1.165, 1.54) is 26.1 Å². The Morgan fingerprint density at radius 1 is 1.16 bits per heavy atom. The summed E-state index contributed by atoms with van der Waals surface area (Å²) in [6, 6.07) is 1.97. The minimum absolute atomic E-state index is 0.857. The number of nitrogens with zero attached hydrogens (tertiary/aromatic N) is 4. The van der Waals surface area contributed by atoms with Crippen molar-refractivity contribution in [2.75, 3.05) is 45.1 Å². The van der Waals surface area contributed by atoms with Crippen molar-refractivity contribution in [3.8, 4) is 0 Å². The SMILES string of the molecule is CCCN1CCN(Cc2nc(C)cc(NC)n2)CC1. The molecule has 1 fully saturated rings. The van der Waals surface area contributed by atoms with Crippen LogP contribution in [0.2, 0.25) is 0 Å². The van der Waals surface area contributed by atoms with Gasteiger partial charge in [0.05, 0.1) is 6.54 Å². The van der Waals surface area contributed by atoms with Crippen LogP contribution in [0.4, 0.5) is 5.82 Å². The lowest BCUT2D eigenvalue weighted by atomic mass is 10.3. The Hall–Kier alpha value is -1.20. The largest absolute Gasteiger partial charge is 0.373 e. The van der Waals surface area contributed by atoms with Crippen molar-refractivity contribution < 1.29 is 0 Å². The smallest absolute Gasteiger partial charge is 0.144 e. The zero-order chi connectivity index (χ0) is 13.7. The quantitative estimate of drug-likeness (QED) is 0.869. The number of aromatic nitrogens is 2. The van der Waals surface area contributed by atoms with E-state index in [1.54, 1.807) is 0 Å². The van der Waals surface area contributed by atoms with Crippen LogP contribution in [0, 0.1) is 6.92 Å². The Labute approximate surface area is 116 Å². The standard InChI is InChI=1S/C14H25N5/c1-4-5-18-6-8-19(9-7-18)11-14-16-12(2)10-13(15-3)17-14/h10H,4-9,11H2,1-3H3,(H,15,16,17). The summed E-state index contributed by atoms with van der Waals surface area (Å²) in [6.07, 6.45) is 1.24. The number of anilines is 1. The van der Waals surface area contributed by atoms with Gasteiger partial charge in [-0.2, -0.15) is 0 Å². The molecular weight excluding hydrogens is 238 g/mol. The van der Waals surface area contributed by atoms with Gasteiger partial charge in [-0.3, -0.25) is 4.90 Å². The monoisotopic (exact) mass is 263 g/mol. The molecule has 5 heteroatoms. The van der Waals surface area contributed by atoms with E-state index in [0.717, 1.165) is 37.0 Å². The van der Waals surface area contributed by atoms with E-state index >= 15 is 0 Å². The normalized spacial score (nSPS) is 17.6. The molecule has 0 bridgehead atoms. The minimum atomic E-state index is 0.857. The van der Waals surface area contributed by atoms with Crippen LogP contribution < -0.4 is 5.32 Å². The lowest BCUT2D eigenvalue weighted by Crippen LogP contribution is -2.46. The van der Waals surface area contributed by atoms with Gasteiger partial charge in [0.15, 0.2) is 0 Å². The van der Waals surface area contributed by atoms with Crippen molar-refractivity contribution >= 4 is 5.82 Å². The maximum Gasteiger partial charge on any atom is 0.144 e. The highest BCUT2D eigenvalue weighted by Gasteiger charge is 2.17. The molecule has 1 N–H and O–H groups in total. The molecule has 106 valence electrons. The van der Waals surface area contributed by atoms with Gasteiger partial charge in [0.2, 0.25) is 0 Å². The highest BCUT2D eigenvalue weighted by molar-refractivity contribution is 5.34. The van der Waals surface area contributed by atoms with Crippen molar-refractivity contribution in [3.05, 3.63) is 17.6 Å². The van der Waals surface area contributed by atoms with Gasteiger partial charge in [0.25, 0.3) is 0 Å². The summed E-state index contributed by atoms with van der Waals surface area (Å²) in [5, 5.41) is 3.09. The molecule has 0 aromatic carbocycles. The molecule has 5 nitrogen and oxygen atoms in total. The Morgan fingerprint density at radius 2 is 1.84 bits per heavy atom. The molecule has 0 atom stereocenters. The first-order valence-electron chi connectivity index (χ1n) is 7.18. The van der Waals surface area contributed by atoms with Crippen LogP contribution in [0.15, 0.2) is 6.07 Å². The molecule has 0 unspecified atom stereocenters. The molecule has 1 aromatic heterocycles. The maximum atomic E-state index is 4.52. The van der Waals surface area contributed by atoms with E-state index < -0.39 is 0 Å². The lowest BCUT2D eigenvalue weighted by Gasteiger charge is -2.34. The fraction of sp³-hybridized carbons (Fsp3) is 0.714. The maximum absolute atomic E-state index is 4.52. The summed E-state index contributed by atoms with van der Waals surface area (Å²) >= 11 is 0. The summed E-state index contributed by atoms with van der Waals surface area (Å²) < 4.78 is 0. The Balaban J connectivity index is 1.90. The first-order valence-corrected chi connectivity index (χ1v) is 7.18. The predicted octanol–water partition coefficient (Wildman–Crippen LogP) is 1.35. The van der Waals surface area contributed by atoms with Crippen LogP contribution >= 0.6 is 0 Å².